The van der Waals surface area contributed by atoms with Crippen LogP contribution in [0.25, 0.3) is 0 Å². The number of aliphatic imine (C=N–C) groups is 1. The summed E-state index contributed by atoms with van der Waals surface area (Å²) in [5.41, 5.74) is 0.191. The van der Waals surface area contributed by atoms with Crippen LogP contribution in [-0.4, -0.2) is 19.3 Å². The highest BCUT2D eigenvalue weighted by Gasteiger charge is 2.44. The number of benzene rings is 1. The largest absolute Gasteiger partial charge is 0.493 e. The van der Waals surface area contributed by atoms with Gasteiger partial charge in [-0.05, 0) is 57.1 Å². The lowest BCUT2D eigenvalue weighted by molar-refractivity contribution is 0.182. The number of nitrogens with zero attached hydrogens (tertiary/aromatic N) is 1. The molecule has 0 saturated heterocycles. The van der Waals surface area contributed by atoms with Gasteiger partial charge < -0.3 is 9.47 Å². The Morgan fingerprint density at radius 2 is 2.00 bits per heavy atom. The van der Waals surface area contributed by atoms with Gasteiger partial charge in [0.1, 0.15) is 5.54 Å². The number of halogens is 1. The number of carbonyl (C=O) groups excluding carboxylic acids is 1. The molecular weight excluding hydrogens is 302 g/mol. The van der Waals surface area contributed by atoms with Gasteiger partial charge in [0.2, 0.25) is 6.08 Å². The Hall–Kier alpha value is -1.51. The zero-order chi connectivity index (χ0) is 15.6. The van der Waals surface area contributed by atoms with Crippen molar-refractivity contribution in [2.24, 2.45) is 4.99 Å². The molecule has 0 aliphatic heterocycles. The van der Waals surface area contributed by atoms with Crippen molar-refractivity contribution in [2.75, 3.05) is 7.11 Å². The molecule has 1 aromatic rings. The Morgan fingerprint density at radius 1 is 1.27 bits per heavy atom. The van der Waals surface area contributed by atoms with Crippen molar-refractivity contribution in [3.05, 3.63) is 22.7 Å². The van der Waals surface area contributed by atoms with Crippen molar-refractivity contribution >= 4 is 17.7 Å². The Morgan fingerprint density at radius 3 is 2.55 bits per heavy atom. The first-order chi connectivity index (χ1) is 10.7. The van der Waals surface area contributed by atoms with Gasteiger partial charge in [-0.3, -0.25) is 0 Å². The van der Waals surface area contributed by atoms with Crippen LogP contribution in [0, 0.1) is 0 Å². The van der Waals surface area contributed by atoms with E-state index in [0.29, 0.717) is 16.5 Å². The second kappa shape index (κ2) is 6.31. The minimum Gasteiger partial charge on any atom is -0.493 e. The van der Waals surface area contributed by atoms with Crippen LogP contribution < -0.4 is 9.47 Å². The molecule has 0 spiro atoms. The zero-order valence-corrected chi connectivity index (χ0v) is 13.5. The Bertz CT molecular complexity index is 600. The van der Waals surface area contributed by atoms with Crippen LogP contribution >= 0.6 is 11.6 Å². The molecular formula is C17H20ClNO3. The summed E-state index contributed by atoms with van der Waals surface area (Å²) in [7, 11) is 1.62. The quantitative estimate of drug-likeness (QED) is 0.597. The van der Waals surface area contributed by atoms with Gasteiger partial charge in [0.05, 0.1) is 18.2 Å². The molecule has 0 amide bonds. The fourth-order valence-electron chi connectivity index (χ4n) is 3.44. The number of isocyanates is 1. The fourth-order valence-corrected chi connectivity index (χ4v) is 3.77. The Labute approximate surface area is 135 Å². The molecule has 0 N–H and O–H groups in total. The number of hydrogen-bond acceptors (Lipinski definition) is 4. The van der Waals surface area contributed by atoms with Gasteiger partial charge in [-0.2, -0.15) is 4.99 Å². The smallest absolute Gasteiger partial charge is 0.235 e. The molecule has 2 fully saturated rings. The maximum absolute atomic E-state index is 10.9. The number of rotatable bonds is 5. The van der Waals surface area contributed by atoms with Crippen molar-refractivity contribution < 1.29 is 14.3 Å². The van der Waals surface area contributed by atoms with E-state index >= 15 is 0 Å². The molecule has 2 aliphatic carbocycles. The lowest BCUT2D eigenvalue weighted by Crippen LogP contribution is -2.33. The highest BCUT2D eigenvalue weighted by molar-refractivity contribution is 6.31. The molecule has 118 valence electrons. The van der Waals surface area contributed by atoms with E-state index in [2.05, 4.69) is 4.99 Å². The molecule has 0 aromatic heterocycles. The van der Waals surface area contributed by atoms with Crippen LogP contribution in [0.2, 0.25) is 5.02 Å². The average molecular weight is 322 g/mol. The molecule has 0 radical (unpaired) electrons. The molecule has 0 atom stereocenters. The van der Waals surface area contributed by atoms with Gasteiger partial charge in [0.15, 0.2) is 11.5 Å². The summed E-state index contributed by atoms with van der Waals surface area (Å²) in [6, 6.07) is 3.60. The monoisotopic (exact) mass is 321 g/mol. The molecule has 0 heterocycles. The number of ether oxygens (including phenoxy) is 2. The fraction of sp³-hybridized carbons (Fsp3) is 0.588. The number of hydrogen-bond donors (Lipinski definition) is 0. The summed E-state index contributed by atoms with van der Waals surface area (Å²) in [6.45, 7) is 0. The molecule has 2 saturated carbocycles. The Balaban J connectivity index is 2.08. The van der Waals surface area contributed by atoms with E-state index in [1.165, 1.54) is 12.8 Å². The summed E-state index contributed by atoms with van der Waals surface area (Å²) in [4.78, 5) is 15.0. The summed E-state index contributed by atoms with van der Waals surface area (Å²) >= 11 is 6.45. The first-order valence-corrected chi connectivity index (χ1v) is 8.20. The van der Waals surface area contributed by atoms with E-state index in [1.54, 1.807) is 19.3 Å². The minimum absolute atomic E-state index is 0.184. The molecule has 2 aliphatic rings. The molecule has 1 aromatic carbocycles. The summed E-state index contributed by atoms with van der Waals surface area (Å²) in [5.74, 6) is 1.30. The van der Waals surface area contributed by atoms with E-state index in [0.717, 1.165) is 37.7 Å². The molecule has 5 heteroatoms. The van der Waals surface area contributed by atoms with E-state index in [1.807, 2.05) is 6.07 Å². The predicted octanol–water partition coefficient (Wildman–Crippen LogP) is 4.39. The Kier molecular flexibility index (Phi) is 4.42. The van der Waals surface area contributed by atoms with Crippen molar-refractivity contribution in [1.29, 1.82) is 0 Å². The third kappa shape index (κ3) is 2.62. The van der Waals surface area contributed by atoms with Crippen molar-refractivity contribution in [2.45, 2.75) is 56.6 Å². The van der Waals surface area contributed by atoms with Gasteiger partial charge in [-0.25, -0.2) is 4.79 Å². The lowest BCUT2D eigenvalue weighted by Gasteiger charge is -2.39. The van der Waals surface area contributed by atoms with E-state index < -0.39 is 5.54 Å². The molecule has 4 nitrogen and oxygen atoms in total. The second-order valence-electron chi connectivity index (χ2n) is 6.07. The first-order valence-electron chi connectivity index (χ1n) is 7.83. The summed E-state index contributed by atoms with van der Waals surface area (Å²) < 4.78 is 11.7. The van der Waals surface area contributed by atoms with Crippen LogP contribution in [0.1, 0.15) is 50.5 Å². The first kappa shape index (κ1) is 15.4. The van der Waals surface area contributed by atoms with Crippen molar-refractivity contribution in [1.82, 2.24) is 0 Å². The summed E-state index contributed by atoms with van der Waals surface area (Å²) in [5, 5.41) is 0.576. The van der Waals surface area contributed by atoms with Gasteiger partial charge in [0.25, 0.3) is 0 Å². The van der Waals surface area contributed by atoms with Crippen molar-refractivity contribution in [3.8, 4) is 11.5 Å². The lowest BCUT2D eigenvalue weighted by atomic mass is 9.72. The molecule has 3 rings (SSSR count). The SMILES string of the molecule is COc1ccc(Cl)c(C2(N=C=O)CCC2)c1OC1CCCC1. The third-order valence-electron chi connectivity index (χ3n) is 4.78. The van der Waals surface area contributed by atoms with E-state index in [-0.39, 0.29) is 6.10 Å². The molecule has 0 bridgehead atoms. The maximum atomic E-state index is 10.9. The zero-order valence-electron chi connectivity index (χ0n) is 12.7. The van der Waals surface area contributed by atoms with Crippen molar-refractivity contribution in [3.63, 3.8) is 0 Å². The molecule has 22 heavy (non-hydrogen) atoms. The topological polar surface area (TPSA) is 47.9 Å². The van der Waals surface area contributed by atoms with E-state index in [4.69, 9.17) is 21.1 Å². The number of methoxy groups -OCH3 is 1. The van der Waals surface area contributed by atoms with Crippen LogP contribution in [-0.2, 0) is 10.3 Å². The highest BCUT2D eigenvalue weighted by atomic mass is 35.5. The van der Waals surface area contributed by atoms with Crippen LogP contribution in [0.15, 0.2) is 17.1 Å². The predicted molar refractivity (Wildman–Crippen MR) is 84.5 cm³/mol. The maximum Gasteiger partial charge on any atom is 0.235 e. The van der Waals surface area contributed by atoms with Crippen LogP contribution in [0.4, 0.5) is 0 Å². The van der Waals surface area contributed by atoms with Crippen LogP contribution in [0.3, 0.4) is 0 Å². The second-order valence-corrected chi connectivity index (χ2v) is 6.47. The summed E-state index contributed by atoms with van der Waals surface area (Å²) in [6.07, 6.45) is 8.93. The van der Waals surface area contributed by atoms with Gasteiger partial charge in [-0.15, -0.1) is 0 Å². The average Bonchev–Trinajstić information content (AvgIpc) is 2.97. The molecule has 0 unspecified atom stereocenters. The standard InChI is InChI=1S/C17H20ClNO3/c1-21-14-8-7-13(18)15(17(19-11-20)9-4-10-17)16(14)22-12-5-2-3-6-12/h7-8,12H,2-6,9-10H2,1H3. The van der Waals surface area contributed by atoms with Gasteiger partial charge in [0, 0.05) is 5.56 Å². The highest BCUT2D eigenvalue weighted by Crippen LogP contribution is 2.53. The normalized spacial score (nSPS) is 20.1. The van der Waals surface area contributed by atoms with Gasteiger partial charge in [-0.1, -0.05) is 11.6 Å². The minimum atomic E-state index is -0.596. The van der Waals surface area contributed by atoms with Gasteiger partial charge >= 0.3 is 0 Å². The van der Waals surface area contributed by atoms with E-state index in [9.17, 15) is 4.79 Å². The third-order valence-corrected chi connectivity index (χ3v) is 5.10. The van der Waals surface area contributed by atoms with Crippen LogP contribution in [0.5, 0.6) is 11.5 Å².